The molecular formula is C21H22F3N5O5S2. The van der Waals surface area contributed by atoms with Gasteiger partial charge in [-0.1, -0.05) is 36.4 Å². The van der Waals surface area contributed by atoms with Gasteiger partial charge >= 0.3 is 6.18 Å². The fourth-order valence-electron chi connectivity index (χ4n) is 3.93. The van der Waals surface area contributed by atoms with Crippen LogP contribution in [0.15, 0.2) is 48.5 Å². The minimum Gasteiger partial charge on any atom is -0.259 e. The van der Waals surface area contributed by atoms with Crippen molar-refractivity contribution in [2.75, 3.05) is 25.6 Å². The van der Waals surface area contributed by atoms with Crippen LogP contribution in [0, 0.1) is 0 Å². The molecule has 194 valence electrons. The molecule has 1 fully saturated rings. The standard InChI is InChI=1S/C21H22F3N5O5S2/c1-35(30,31)28-12-20(13-28,34-36(2,32)33)14-29-26-19(25-27-29)18-6-4-3-5-16(18)11-15-7-9-17(10-8-15)21(22,23)24/h3-10H,11-14H2,1-2H3. The molecule has 0 aliphatic carbocycles. The predicted octanol–water partition coefficient (Wildman–Crippen LogP) is 1.94. The molecule has 0 unspecified atom stereocenters. The highest BCUT2D eigenvalue weighted by Crippen LogP contribution is 2.32. The van der Waals surface area contributed by atoms with Crippen LogP contribution in [0.1, 0.15) is 16.7 Å². The van der Waals surface area contributed by atoms with Crippen molar-refractivity contribution in [2.45, 2.75) is 24.7 Å². The Morgan fingerprint density at radius 3 is 2.22 bits per heavy atom. The highest BCUT2D eigenvalue weighted by Gasteiger charge is 2.51. The topological polar surface area (TPSA) is 124 Å². The van der Waals surface area contributed by atoms with Crippen molar-refractivity contribution >= 4 is 20.1 Å². The van der Waals surface area contributed by atoms with Crippen molar-refractivity contribution in [3.63, 3.8) is 0 Å². The van der Waals surface area contributed by atoms with Gasteiger partial charge in [0.1, 0.15) is 5.60 Å². The number of benzene rings is 2. The van der Waals surface area contributed by atoms with E-state index in [1.807, 2.05) is 0 Å². The van der Waals surface area contributed by atoms with E-state index in [2.05, 4.69) is 15.4 Å². The molecule has 2 aromatic carbocycles. The number of tetrazole rings is 1. The zero-order valence-electron chi connectivity index (χ0n) is 19.2. The van der Waals surface area contributed by atoms with Crippen LogP contribution >= 0.6 is 0 Å². The van der Waals surface area contributed by atoms with Crippen molar-refractivity contribution in [3.8, 4) is 11.4 Å². The Morgan fingerprint density at radius 1 is 1.00 bits per heavy atom. The third-order valence-electron chi connectivity index (χ3n) is 5.54. The van der Waals surface area contributed by atoms with Crippen LogP contribution < -0.4 is 0 Å². The normalized spacial score (nSPS) is 16.6. The van der Waals surface area contributed by atoms with E-state index < -0.39 is 37.5 Å². The highest BCUT2D eigenvalue weighted by molar-refractivity contribution is 7.88. The Balaban J connectivity index is 1.55. The molecule has 0 radical (unpaired) electrons. The molecule has 15 heteroatoms. The van der Waals surface area contributed by atoms with Gasteiger partial charge in [-0.25, -0.2) is 8.42 Å². The second-order valence-corrected chi connectivity index (χ2v) is 12.2. The van der Waals surface area contributed by atoms with Crippen molar-refractivity contribution in [1.82, 2.24) is 24.5 Å². The lowest BCUT2D eigenvalue weighted by Crippen LogP contribution is -2.66. The molecule has 0 bridgehead atoms. The van der Waals surface area contributed by atoms with Gasteiger partial charge in [-0.3, -0.25) is 4.18 Å². The van der Waals surface area contributed by atoms with E-state index in [1.54, 1.807) is 24.3 Å². The maximum atomic E-state index is 12.9. The molecule has 10 nitrogen and oxygen atoms in total. The van der Waals surface area contributed by atoms with Gasteiger partial charge in [0.2, 0.25) is 15.8 Å². The lowest BCUT2D eigenvalue weighted by Gasteiger charge is -2.46. The van der Waals surface area contributed by atoms with E-state index in [0.29, 0.717) is 17.5 Å². The number of sulfonamides is 1. The largest absolute Gasteiger partial charge is 0.416 e. The number of hydrogen-bond acceptors (Lipinski definition) is 8. The summed E-state index contributed by atoms with van der Waals surface area (Å²) in [6, 6.07) is 11.9. The molecule has 0 amide bonds. The lowest BCUT2D eigenvalue weighted by molar-refractivity contribution is -0.137. The molecule has 3 aromatic rings. The zero-order valence-corrected chi connectivity index (χ0v) is 20.8. The summed E-state index contributed by atoms with van der Waals surface area (Å²) in [5.74, 6) is 0.214. The van der Waals surface area contributed by atoms with Gasteiger partial charge in [0.25, 0.3) is 10.1 Å². The molecular weight excluding hydrogens is 523 g/mol. The first-order valence-corrected chi connectivity index (χ1v) is 14.2. The quantitative estimate of drug-likeness (QED) is 0.394. The second-order valence-electron chi connectivity index (χ2n) is 8.67. The molecule has 1 aliphatic heterocycles. The van der Waals surface area contributed by atoms with Gasteiger partial charge in [-0.2, -0.15) is 30.7 Å². The van der Waals surface area contributed by atoms with Crippen LogP contribution in [-0.4, -0.2) is 72.6 Å². The van der Waals surface area contributed by atoms with Crippen LogP contribution in [0.3, 0.4) is 0 Å². The first-order valence-electron chi connectivity index (χ1n) is 10.5. The van der Waals surface area contributed by atoms with Crippen molar-refractivity contribution < 1.29 is 34.2 Å². The first-order chi connectivity index (χ1) is 16.6. The average molecular weight is 546 g/mol. The van der Waals surface area contributed by atoms with Crippen LogP contribution in [0.25, 0.3) is 11.4 Å². The summed E-state index contributed by atoms with van der Waals surface area (Å²) in [6.45, 7) is -0.555. The molecule has 0 N–H and O–H groups in total. The molecule has 1 aromatic heterocycles. The van der Waals surface area contributed by atoms with Gasteiger partial charge in [-0.15, -0.1) is 10.2 Å². The number of halogens is 3. The smallest absolute Gasteiger partial charge is 0.259 e. The van der Waals surface area contributed by atoms with Crippen molar-refractivity contribution in [1.29, 1.82) is 0 Å². The minimum atomic E-state index is -4.42. The van der Waals surface area contributed by atoms with E-state index in [1.165, 1.54) is 12.1 Å². The number of nitrogens with zero attached hydrogens (tertiary/aromatic N) is 5. The summed E-state index contributed by atoms with van der Waals surface area (Å²) in [4.78, 5) is 1.13. The summed E-state index contributed by atoms with van der Waals surface area (Å²) in [5, 5.41) is 12.3. The first kappa shape index (κ1) is 26.2. The van der Waals surface area contributed by atoms with Gasteiger partial charge in [-0.05, 0) is 34.9 Å². The summed E-state index contributed by atoms with van der Waals surface area (Å²) in [5.41, 5.74) is -0.133. The summed E-state index contributed by atoms with van der Waals surface area (Å²) in [7, 11) is -7.45. The summed E-state index contributed by atoms with van der Waals surface area (Å²) < 4.78 is 92.0. The molecule has 2 heterocycles. The van der Waals surface area contributed by atoms with Crippen molar-refractivity contribution in [3.05, 3.63) is 65.2 Å². The monoisotopic (exact) mass is 545 g/mol. The number of rotatable bonds is 8. The third-order valence-corrected chi connectivity index (χ3v) is 7.40. The van der Waals surface area contributed by atoms with Crippen LogP contribution in [0.4, 0.5) is 13.2 Å². The van der Waals surface area contributed by atoms with Crippen LogP contribution in [-0.2, 0) is 43.5 Å². The number of hydrogen-bond donors (Lipinski definition) is 0. The fourth-order valence-corrected chi connectivity index (χ4v) is 5.67. The van der Waals surface area contributed by atoms with E-state index in [0.717, 1.165) is 39.3 Å². The second kappa shape index (κ2) is 9.21. The molecule has 36 heavy (non-hydrogen) atoms. The Morgan fingerprint density at radius 2 is 1.64 bits per heavy atom. The fraction of sp³-hybridized carbons (Fsp3) is 0.381. The van der Waals surface area contributed by atoms with Gasteiger partial charge in [0.05, 0.1) is 24.6 Å². The van der Waals surface area contributed by atoms with E-state index in [4.69, 9.17) is 4.18 Å². The van der Waals surface area contributed by atoms with E-state index in [-0.39, 0.29) is 25.5 Å². The number of alkyl halides is 3. The minimum absolute atomic E-state index is 0.167. The number of aromatic nitrogens is 4. The lowest BCUT2D eigenvalue weighted by atomic mass is 9.97. The maximum Gasteiger partial charge on any atom is 0.416 e. The Kier molecular flexibility index (Phi) is 6.70. The van der Waals surface area contributed by atoms with Crippen molar-refractivity contribution in [2.24, 2.45) is 0 Å². The SMILES string of the molecule is CS(=O)(=O)OC1(Cn2nnc(-c3ccccc3Cc3ccc(C(F)(F)F)cc3)n2)CN(S(C)(=O)=O)C1. The van der Waals surface area contributed by atoms with Gasteiger partial charge < -0.3 is 0 Å². The Bertz CT molecular complexity index is 1470. The third kappa shape index (κ3) is 6.08. The van der Waals surface area contributed by atoms with E-state index >= 15 is 0 Å². The average Bonchev–Trinajstić information content (AvgIpc) is 3.18. The predicted molar refractivity (Wildman–Crippen MR) is 123 cm³/mol. The molecule has 0 spiro atoms. The summed E-state index contributed by atoms with van der Waals surface area (Å²) in [6.07, 6.45) is -2.23. The van der Waals surface area contributed by atoms with Crippen LogP contribution in [0.2, 0.25) is 0 Å². The molecule has 0 atom stereocenters. The Labute approximate surface area is 205 Å². The maximum absolute atomic E-state index is 12.9. The molecule has 4 rings (SSSR count). The van der Waals surface area contributed by atoms with E-state index in [9.17, 15) is 30.0 Å². The molecule has 0 saturated carbocycles. The highest BCUT2D eigenvalue weighted by atomic mass is 32.2. The molecule has 1 saturated heterocycles. The molecule has 1 aliphatic rings. The van der Waals surface area contributed by atoms with Gasteiger partial charge in [0.15, 0.2) is 0 Å². The zero-order chi connectivity index (χ0) is 26.4. The van der Waals surface area contributed by atoms with Gasteiger partial charge in [0, 0.05) is 18.7 Å². The Hall–Kier alpha value is -2.88. The summed E-state index contributed by atoms with van der Waals surface area (Å²) >= 11 is 0. The van der Waals surface area contributed by atoms with Crippen LogP contribution in [0.5, 0.6) is 0 Å².